The molecule has 160 valence electrons. The lowest BCUT2D eigenvalue weighted by atomic mass is 10.0. The molecule has 0 N–H and O–H groups in total. The monoisotopic (exact) mass is 424 g/mol. The Labute approximate surface area is 188 Å². The van der Waals surface area contributed by atoms with Crippen LogP contribution in [0.5, 0.6) is 0 Å². The van der Waals surface area contributed by atoms with E-state index in [0.29, 0.717) is 25.2 Å². The number of hydrogen-bond acceptors (Lipinski definition) is 1. The van der Waals surface area contributed by atoms with Gasteiger partial charge in [0, 0.05) is 30.5 Å². The van der Waals surface area contributed by atoms with Gasteiger partial charge in [0.25, 0.3) is 5.91 Å². The van der Waals surface area contributed by atoms with Gasteiger partial charge in [0.05, 0.1) is 6.54 Å². The van der Waals surface area contributed by atoms with Gasteiger partial charge in [-0.1, -0.05) is 60.7 Å². The van der Waals surface area contributed by atoms with Crippen molar-refractivity contribution >= 4 is 5.91 Å². The van der Waals surface area contributed by atoms with Gasteiger partial charge in [-0.15, -0.1) is 6.58 Å². The summed E-state index contributed by atoms with van der Waals surface area (Å²) in [5, 5.41) is 0. The van der Waals surface area contributed by atoms with Crippen molar-refractivity contribution in [2.75, 3.05) is 6.54 Å². The molecule has 32 heavy (non-hydrogen) atoms. The first kappa shape index (κ1) is 21.3. The van der Waals surface area contributed by atoms with Gasteiger partial charge >= 0.3 is 0 Å². The maximum atomic E-state index is 13.6. The quantitative estimate of drug-likeness (QED) is 0.311. The van der Waals surface area contributed by atoms with Gasteiger partial charge in [-0.2, -0.15) is 0 Å². The number of rotatable bonds is 8. The molecule has 0 spiro atoms. The average Bonchev–Trinajstić information content (AvgIpc) is 3.25. The molecule has 0 bridgehead atoms. The zero-order chi connectivity index (χ0) is 22.3. The second-order valence-corrected chi connectivity index (χ2v) is 7.68. The summed E-state index contributed by atoms with van der Waals surface area (Å²) in [7, 11) is 0. The lowest BCUT2D eigenvalue weighted by Crippen LogP contribution is -2.31. The maximum absolute atomic E-state index is 13.6. The Bertz CT molecular complexity index is 1200. The lowest BCUT2D eigenvalue weighted by Gasteiger charge is -2.22. The average molecular weight is 425 g/mol. The summed E-state index contributed by atoms with van der Waals surface area (Å²) < 4.78 is 15.6. The summed E-state index contributed by atoms with van der Waals surface area (Å²) in [5.74, 6) is -0.304. The predicted molar refractivity (Wildman–Crippen MR) is 127 cm³/mol. The Kier molecular flexibility index (Phi) is 6.61. The van der Waals surface area contributed by atoms with Crippen molar-refractivity contribution in [3.05, 3.63) is 132 Å². The maximum Gasteiger partial charge on any atom is 0.254 e. The minimum absolute atomic E-state index is 0.0528. The van der Waals surface area contributed by atoms with Crippen LogP contribution in [0.1, 0.15) is 21.6 Å². The first-order valence-electron chi connectivity index (χ1n) is 10.6. The lowest BCUT2D eigenvalue weighted by molar-refractivity contribution is 0.0759. The molecule has 4 heteroatoms. The van der Waals surface area contributed by atoms with E-state index in [1.807, 2.05) is 83.6 Å². The van der Waals surface area contributed by atoms with E-state index in [1.54, 1.807) is 17.0 Å². The van der Waals surface area contributed by atoms with Crippen molar-refractivity contribution in [1.29, 1.82) is 0 Å². The Balaban J connectivity index is 1.51. The van der Waals surface area contributed by atoms with Crippen LogP contribution in [0.2, 0.25) is 0 Å². The number of carbonyl (C=O) groups excluding carboxylic acids is 1. The van der Waals surface area contributed by atoms with Crippen LogP contribution in [-0.4, -0.2) is 21.9 Å². The molecule has 3 nitrogen and oxygen atoms in total. The molecule has 0 unspecified atom stereocenters. The molecule has 4 rings (SSSR count). The molecule has 0 aliphatic rings. The highest BCUT2D eigenvalue weighted by Crippen LogP contribution is 2.20. The molecule has 0 aliphatic heterocycles. The van der Waals surface area contributed by atoms with E-state index in [9.17, 15) is 9.18 Å². The van der Waals surface area contributed by atoms with Crippen LogP contribution in [0.4, 0.5) is 4.39 Å². The van der Waals surface area contributed by atoms with Crippen LogP contribution in [0.25, 0.3) is 11.1 Å². The molecular weight excluding hydrogens is 399 g/mol. The van der Waals surface area contributed by atoms with Crippen LogP contribution in [0.15, 0.2) is 110 Å². The molecule has 0 atom stereocenters. The van der Waals surface area contributed by atoms with Crippen LogP contribution < -0.4 is 0 Å². The highest BCUT2D eigenvalue weighted by atomic mass is 19.1. The van der Waals surface area contributed by atoms with Gasteiger partial charge in [0.2, 0.25) is 0 Å². The summed E-state index contributed by atoms with van der Waals surface area (Å²) in [5.41, 5.74) is 4.67. The van der Waals surface area contributed by atoms with E-state index in [0.717, 1.165) is 22.4 Å². The number of amides is 1. The molecule has 0 saturated heterocycles. The second-order valence-electron chi connectivity index (χ2n) is 7.68. The van der Waals surface area contributed by atoms with E-state index >= 15 is 0 Å². The number of hydrogen-bond donors (Lipinski definition) is 0. The first-order valence-corrected chi connectivity index (χ1v) is 10.6. The molecule has 1 heterocycles. The summed E-state index contributed by atoms with van der Waals surface area (Å²) in [6.45, 7) is 5.23. The Morgan fingerprint density at radius 2 is 1.66 bits per heavy atom. The highest BCUT2D eigenvalue weighted by Gasteiger charge is 2.17. The van der Waals surface area contributed by atoms with Crippen molar-refractivity contribution in [3.8, 4) is 11.1 Å². The molecule has 1 amide bonds. The third kappa shape index (κ3) is 5.03. The van der Waals surface area contributed by atoms with Gasteiger partial charge in [-0.25, -0.2) is 4.39 Å². The van der Waals surface area contributed by atoms with Crippen LogP contribution in [-0.2, 0) is 13.1 Å². The topological polar surface area (TPSA) is 25.2 Å². The molecule has 0 radical (unpaired) electrons. The Hall–Kier alpha value is -3.92. The largest absolute Gasteiger partial charge is 0.345 e. The smallest absolute Gasteiger partial charge is 0.254 e. The fourth-order valence-corrected chi connectivity index (χ4v) is 3.77. The second kappa shape index (κ2) is 9.92. The van der Waals surface area contributed by atoms with Gasteiger partial charge in [-0.3, -0.25) is 4.79 Å². The predicted octanol–water partition coefficient (Wildman–Crippen LogP) is 6.17. The van der Waals surface area contributed by atoms with E-state index in [1.165, 1.54) is 12.1 Å². The van der Waals surface area contributed by atoms with Gasteiger partial charge in [0.1, 0.15) is 5.82 Å². The van der Waals surface area contributed by atoms with Crippen molar-refractivity contribution in [2.45, 2.75) is 13.1 Å². The summed E-state index contributed by atoms with van der Waals surface area (Å²) in [6, 6.07) is 28.3. The van der Waals surface area contributed by atoms with Crippen molar-refractivity contribution in [2.24, 2.45) is 0 Å². The van der Waals surface area contributed by atoms with E-state index < -0.39 is 0 Å². The van der Waals surface area contributed by atoms with Crippen LogP contribution >= 0.6 is 0 Å². The summed E-state index contributed by atoms with van der Waals surface area (Å²) in [6.07, 6.45) is 3.68. The van der Waals surface area contributed by atoms with E-state index in [2.05, 4.69) is 6.58 Å². The van der Waals surface area contributed by atoms with Gasteiger partial charge in [0.15, 0.2) is 0 Å². The molecular formula is C28H25FN2O. The number of benzene rings is 3. The van der Waals surface area contributed by atoms with Crippen LogP contribution in [0, 0.1) is 5.82 Å². The van der Waals surface area contributed by atoms with Crippen molar-refractivity contribution in [1.82, 2.24) is 9.47 Å². The minimum Gasteiger partial charge on any atom is -0.345 e. The molecule has 1 aromatic heterocycles. The molecule has 0 saturated carbocycles. The number of carbonyl (C=O) groups is 1. The van der Waals surface area contributed by atoms with E-state index in [4.69, 9.17) is 0 Å². The van der Waals surface area contributed by atoms with Gasteiger partial charge < -0.3 is 9.47 Å². The van der Waals surface area contributed by atoms with Gasteiger partial charge in [-0.05, 0) is 53.1 Å². The Morgan fingerprint density at radius 3 is 2.38 bits per heavy atom. The Morgan fingerprint density at radius 1 is 0.906 bits per heavy atom. The number of aromatic nitrogens is 1. The molecule has 3 aromatic carbocycles. The zero-order valence-corrected chi connectivity index (χ0v) is 17.8. The third-order valence-electron chi connectivity index (χ3n) is 5.39. The first-order chi connectivity index (χ1) is 15.6. The summed E-state index contributed by atoms with van der Waals surface area (Å²) in [4.78, 5) is 15.0. The zero-order valence-electron chi connectivity index (χ0n) is 17.8. The number of nitrogens with zero attached hydrogens (tertiary/aromatic N) is 2. The molecule has 0 aliphatic carbocycles. The van der Waals surface area contributed by atoms with Crippen molar-refractivity contribution < 1.29 is 9.18 Å². The molecule has 0 fully saturated rings. The molecule has 4 aromatic rings. The SMILES string of the molecule is C=CCN(Cc1cccn1Cc1cccc(F)c1)C(=O)c1ccc(-c2ccccc2)cc1. The normalized spacial score (nSPS) is 10.7. The fraction of sp³-hybridized carbons (Fsp3) is 0.107. The highest BCUT2D eigenvalue weighted by molar-refractivity contribution is 5.94. The number of halogens is 1. The minimum atomic E-state index is -0.251. The van der Waals surface area contributed by atoms with Crippen molar-refractivity contribution in [3.63, 3.8) is 0 Å². The van der Waals surface area contributed by atoms with E-state index in [-0.39, 0.29) is 11.7 Å². The summed E-state index contributed by atoms with van der Waals surface area (Å²) >= 11 is 0. The standard InChI is InChI=1S/C28H25FN2O/c1-2-17-31(21-27-12-7-18-30(27)20-22-8-6-11-26(29)19-22)28(32)25-15-13-24(14-16-25)23-9-4-3-5-10-23/h2-16,18-19H,1,17,20-21H2. The fourth-order valence-electron chi connectivity index (χ4n) is 3.77. The van der Waals surface area contributed by atoms with Crippen LogP contribution in [0.3, 0.4) is 0 Å². The third-order valence-corrected chi connectivity index (χ3v) is 5.39.